The first-order chi connectivity index (χ1) is 5.57. The number of nitro groups is 1. The minimum Gasteiger partial charge on any atom is -0.467 e. The van der Waals surface area contributed by atoms with Crippen LogP contribution < -0.4 is 0 Å². The van der Waals surface area contributed by atoms with Crippen LogP contribution in [0.5, 0.6) is 0 Å². The summed E-state index contributed by atoms with van der Waals surface area (Å²) in [5.41, 5.74) is 0. The van der Waals surface area contributed by atoms with E-state index in [1.165, 1.54) is 0 Å². The average molecular weight is 177 g/mol. The van der Waals surface area contributed by atoms with Crippen molar-refractivity contribution in [3.63, 3.8) is 0 Å². The Labute approximate surface area is 69.3 Å². The normalized spacial score (nSPS) is 12.2. The third kappa shape index (κ3) is 4.62. The lowest BCUT2D eigenvalue weighted by Crippen LogP contribution is -2.22. The molecule has 6 nitrogen and oxygen atoms in total. The third-order valence-electron chi connectivity index (χ3n) is 1.29. The van der Waals surface area contributed by atoms with Gasteiger partial charge in [-0.3, -0.25) is 10.1 Å². The molecule has 0 spiro atoms. The zero-order valence-corrected chi connectivity index (χ0v) is 6.73. The van der Waals surface area contributed by atoms with Gasteiger partial charge in [0.05, 0.1) is 7.11 Å². The first-order valence-corrected chi connectivity index (χ1v) is 3.45. The van der Waals surface area contributed by atoms with Crippen LogP contribution in [0.3, 0.4) is 0 Å². The molecule has 1 atom stereocenters. The fraction of sp³-hybridized carbons (Fsp3) is 0.833. The van der Waals surface area contributed by atoms with Gasteiger partial charge in [0, 0.05) is 11.3 Å². The third-order valence-corrected chi connectivity index (χ3v) is 1.29. The summed E-state index contributed by atoms with van der Waals surface area (Å²) in [6.07, 6.45) is -1.01. The molecule has 0 saturated heterocycles. The summed E-state index contributed by atoms with van der Waals surface area (Å²) < 4.78 is 4.21. The largest absolute Gasteiger partial charge is 0.467 e. The number of esters is 1. The fourth-order valence-electron chi connectivity index (χ4n) is 0.668. The van der Waals surface area contributed by atoms with E-state index in [0.29, 0.717) is 0 Å². The van der Waals surface area contributed by atoms with Gasteiger partial charge in [0.2, 0.25) is 6.54 Å². The Morgan fingerprint density at radius 3 is 2.75 bits per heavy atom. The van der Waals surface area contributed by atoms with Crippen LogP contribution in [0, 0.1) is 10.1 Å². The van der Waals surface area contributed by atoms with Gasteiger partial charge >= 0.3 is 5.97 Å². The van der Waals surface area contributed by atoms with E-state index < -0.39 is 17.0 Å². The van der Waals surface area contributed by atoms with E-state index in [2.05, 4.69) is 4.74 Å². The molecular weight excluding hydrogens is 166 g/mol. The number of carbonyl (C=O) groups is 1. The van der Waals surface area contributed by atoms with E-state index in [0.717, 1.165) is 7.11 Å². The Morgan fingerprint density at radius 2 is 2.33 bits per heavy atom. The standard InChI is InChI=1S/C6H11NO5/c1-12-6(9)5(8)3-2-4-7(10)11/h5,8H,2-4H2,1H3/t5-/m1/s1. The smallest absolute Gasteiger partial charge is 0.334 e. The molecule has 0 bridgehead atoms. The summed E-state index contributed by atoms with van der Waals surface area (Å²) in [6, 6.07) is 0. The van der Waals surface area contributed by atoms with Crippen LogP contribution >= 0.6 is 0 Å². The van der Waals surface area contributed by atoms with Crippen molar-refractivity contribution in [2.75, 3.05) is 13.7 Å². The summed E-state index contributed by atoms with van der Waals surface area (Å²) in [6.45, 7) is -0.242. The monoisotopic (exact) mass is 177 g/mol. The Morgan fingerprint density at radius 1 is 1.75 bits per heavy atom. The molecule has 0 saturated carbocycles. The Bertz CT molecular complexity index is 169. The number of aliphatic hydroxyl groups is 1. The van der Waals surface area contributed by atoms with Crippen LogP contribution in [-0.2, 0) is 9.53 Å². The van der Waals surface area contributed by atoms with E-state index >= 15 is 0 Å². The lowest BCUT2D eigenvalue weighted by atomic mass is 10.2. The number of methoxy groups -OCH3 is 1. The van der Waals surface area contributed by atoms with Gasteiger partial charge < -0.3 is 9.84 Å². The van der Waals surface area contributed by atoms with Gasteiger partial charge in [-0.1, -0.05) is 0 Å². The Kier molecular flexibility index (Phi) is 4.94. The predicted molar refractivity (Wildman–Crippen MR) is 39.1 cm³/mol. The molecule has 0 amide bonds. The van der Waals surface area contributed by atoms with Crippen molar-refractivity contribution >= 4 is 5.97 Å². The molecule has 12 heavy (non-hydrogen) atoms. The van der Waals surface area contributed by atoms with Crippen LogP contribution in [0.1, 0.15) is 12.8 Å². The number of hydrogen-bond acceptors (Lipinski definition) is 5. The highest BCUT2D eigenvalue weighted by atomic mass is 16.6. The van der Waals surface area contributed by atoms with Gasteiger partial charge in [-0.05, 0) is 6.42 Å². The molecule has 0 aromatic carbocycles. The summed E-state index contributed by atoms with van der Waals surface area (Å²) in [5, 5.41) is 18.8. The quantitative estimate of drug-likeness (QED) is 0.350. The summed E-state index contributed by atoms with van der Waals surface area (Å²) in [7, 11) is 1.15. The first kappa shape index (κ1) is 10.8. The molecule has 0 unspecified atom stereocenters. The minimum atomic E-state index is -1.24. The van der Waals surface area contributed by atoms with Gasteiger partial charge in [0.1, 0.15) is 0 Å². The number of ether oxygens (including phenoxy) is 1. The van der Waals surface area contributed by atoms with Crippen molar-refractivity contribution in [1.82, 2.24) is 0 Å². The Hall–Kier alpha value is -1.17. The molecular formula is C6H11NO5. The van der Waals surface area contributed by atoms with Crippen LogP contribution in [-0.4, -0.2) is 35.8 Å². The van der Waals surface area contributed by atoms with Crippen LogP contribution in [0.4, 0.5) is 0 Å². The van der Waals surface area contributed by atoms with Crippen LogP contribution in [0.2, 0.25) is 0 Å². The average Bonchev–Trinajstić information content (AvgIpc) is 2.02. The van der Waals surface area contributed by atoms with E-state index in [4.69, 9.17) is 5.11 Å². The second-order valence-corrected chi connectivity index (χ2v) is 2.24. The second kappa shape index (κ2) is 5.48. The second-order valence-electron chi connectivity index (χ2n) is 2.24. The molecule has 0 heterocycles. The van der Waals surface area contributed by atoms with Gasteiger partial charge in [-0.2, -0.15) is 0 Å². The van der Waals surface area contributed by atoms with Gasteiger partial charge in [-0.25, -0.2) is 4.79 Å². The molecule has 0 aliphatic carbocycles. The highest BCUT2D eigenvalue weighted by Gasteiger charge is 2.15. The maximum atomic E-state index is 10.5. The molecule has 6 heteroatoms. The van der Waals surface area contributed by atoms with E-state index in [1.807, 2.05) is 0 Å². The molecule has 70 valence electrons. The molecule has 1 N–H and O–H groups in total. The van der Waals surface area contributed by atoms with Crippen molar-refractivity contribution in [3.8, 4) is 0 Å². The van der Waals surface area contributed by atoms with Gasteiger partial charge in [-0.15, -0.1) is 0 Å². The minimum absolute atomic E-state index is 0.0631. The van der Waals surface area contributed by atoms with Crippen molar-refractivity contribution < 1.29 is 19.6 Å². The molecule has 0 aromatic heterocycles. The molecule has 0 rings (SSSR count). The molecule has 0 radical (unpaired) electrons. The van der Waals surface area contributed by atoms with E-state index in [-0.39, 0.29) is 19.4 Å². The summed E-state index contributed by atoms with van der Waals surface area (Å²) in [5.74, 6) is -0.752. The zero-order valence-electron chi connectivity index (χ0n) is 6.73. The lowest BCUT2D eigenvalue weighted by molar-refractivity contribution is -0.480. The summed E-state index contributed by atoms with van der Waals surface area (Å²) in [4.78, 5) is 19.9. The highest BCUT2D eigenvalue weighted by Crippen LogP contribution is 1.98. The number of aliphatic hydroxyl groups excluding tert-OH is 1. The van der Waals surface area contributed by atoms with Crippen LogP contribution in [0.15, 0.2) is 0 Å². The van der Waals surface area contributed by atoms with Crippen molar-refractivity contribution in [3.05, 3.63) is 10.1 Å². The molecule has 0 aliphatic heterocycles. The zero-order chi connectivity index (χ0) is 9.56. The number of hydrogen-bond donors (Lipinski definition) is 1. The van der Waals surface area contributed by atoms with Gasteiger partial charge in [0.15, 0.2) is 6.10 Å². The van der Waals surface area contributed by atoms with Gasteiger partial charge in [0.25, 0.3) is 0 Å². The number of nitrogens with zero attached hydrogens (tertiary/aromatic N) is 1. The predicted octanol–water partition coefficient (Wildman–Crippen LogP) is -0.423. The lowest BCUT2D eigenvalue weighted by Gasteiger charge is -2.05. The SMILES string of the molecule is COC(=O)[C@H](O)CCC[N+](=O)[O-]. The topological polar surface area (TPSA) is 89.7 Å². The van der Waals surface area contributed by atoms with Crippen molar-refractivity contribution in [2.24, 2.45) is 0 Å². The maximum Gasteiger partial charge on any atom is 0.334 e. The number of rotatable bonds is 5. The molecule has 0 aliphatic rings. The maximum absolute atomic E-state index is 10.5. The van der Waals surface area contributed by atoms with Crippen LogP contribution in [0.25, 0.3) is 0 Å². The Balaban J connectivity index is 3.50. The molecule has 0 fully saturated rings. The first-order valence-electron chi connectivity index (χ1n) is 3.45. The molecule has 0 aromatic rings. The van der Waals surface area contributed by atoms with E-state index in [9.17, 15) is 14.9 Å². The number of carbonyl (C=O) groups excluding carboxylic acids is 1. The van der Waals surface area contributed by atoms with Crippen molar-refractivity contribution in [1.29, 1.82) is 0 Å². The highest BCUT2D eigenvalue weighted by molar-refractivity contribution is 5.74. The fourth-order valence-corrected chi connectivity index (χ4v) is 0.668. The summed E-state index contributed by atoms with van der Waals surface area (Å²) >= 11 is 0. The van der Waals surface area contributed by atoms with Crippen molar-refractivity contribution in [2.45, 2.75) is 18.9 Å². The van der Waals surface area contributed by atoms with E-state index in [1.54, 1.807) is 0 Å².